The summed E-state index contributed by atoms with van der Waals surface area (Å²) in [5.74, 6) is -0.260. The Bertz CT molecular complexity index is 524. The fourth-order valence-electron chi connectivity index (χ4n) is 2.48. The second-order valence-corrected chi connectivity index (χ2v) is 4.95. The molecule has 1 atom stereocenters. The first kappa shape index (κ1) is 13.8. The highest BCUT2D eigenvalue weighted by Crippen LogP contribution is 2.30. The maximum absolute atomic E-state index is 13.2. The van der Waals surface area contributed by atoms with Crippen molar-refractivity contribution in [1.29, 1.82) is 0 Å². The average Bonchev–Trinajstić information content (AvgIpc) is 2.40. The van der Waals surface area contributed by atoms with Gasteiger partial charge in [-0.3, -0.25) is 0 Å². The largest absolute Gasteiger partial charge is 0.385 e. The van der Waals surface area contributed by atoms with Crippen molar-refractivity contribution in [3.8, 4) is 0 Å². The highest BCUT2D eigenvalue weighted by atomic mass is 19.1. The third-order valence-corrected chi connectivity index (χ3v) is 3.36. The van der Waals surface area contributed by atoms with Gasteiger partial charge in [0.2, 0.25) is 0 Å². The molecular weight excluding hydrogens is 239 g/mol. The summed E-state index contributed by atoms with van der Waals surface area (Å²) in [6.07, 6.45) is 1.97. The topological polar surface area (TPSA) is 20.2 Å². The lowest BCUT2D eigenvalue weighted by Crippen LogP contribution is -2.28. The first-order valence-corrected chi connectivity index (χ1v) is 6.66. The lowest BCUT2D eigenvalue weighted by Gasteiger charge is -2.28. The van der Waals surface area contributed by atoms with Crippen LogP contribution >= 0.6 is 0 Å². The third-order valence-electron chi connectivity index (χ3n) is 3.36. The van der Waals surface area contributed by atoms with Crippen LogP contribution in [-0.4, -0.2) is 5.11 Å². The smallest absolute Gasteiger partial charge is 0.123 e. The molecule has 2 rings (SSSR count). The standard InChI is InChI=1S/C17H19FO/c1-2-11-17(19,15-8-4-3-5-9-15)13-14-7-6-10-16(18)12-14/h3-10,12,19H,2,11,13H2,1H3. The van der Waals surface area contributed by atoms with E-state index in [2.05, 4.69) is 0 Å². The van der Waals surface area contributed by atoms with Gasteiger partial charge in [-0.25, -0.2) is 4.39 Å². The van der Waals surface area contributed by atoms with Crippen LogP contribution in [0.4, 0.5) is 4.39 Å². The normalized spacial score (nSPS) is 14.1. The summed E-state index contributed by atoms with van der Waals surface area (Å²) in [4.78, 5) is 0. The predicted octanol–water partition coefficient (Wildman–Crippen LogP) is 4.06. The van der Waals surface area contributed by atoms with Crippen LogP contribution < -0.4 is 0 Å². The molecule has 0 aromatic heterocycles. The van der Waals surface area contributed by atoms with Crippen molar-refractivity contribution in [2.24, 2.45) is 0 Å². The Morgan fingerprint density at radius 3 is 2.42 bits per heavy atom. The molecule has 0 heterocycles. The summed E-state index contributed by atoms with van der Waals surface area (Å²) in [5.41, 5.74) is 0.782. The lowest BCUT2D eigenvalue weighted by atomic mass is 9.84. The average molecular weight is 258 g/mol. The molecule has 0 spiro atoms. The zero-order chi connectivity index (χ0) is 13.7. The van der Waals surface area contributed by atoms with Crippen LogP contribution in [0.2, 0.25) is 0 Å². The molecule has 1 unspecified atom stereocenters. The van der Waals surface area contributed by atoms with Crippen molar-refractivity contribution in [2.75, 3.05) is 0 Å². The minimum atomic E-state index is -0.927. The van der Waals surface area contributed by atoms with E-state index in [1.807, 2.05) is 43.3 Å². The van der Waals surface area contributed by atoms with Crippen molar-refractivity contribution in [3.63, 3.8) is 0 Å². The number of rotatable bonds is 5. The predicted molar refractivity (Wildman–Crippen MR) is 75.4 cm³/mol. The lowest BCUT2D eigenvalue weighted by molar-refractivity contribution is 0.0268. The van der Waals surface area contributed by atoms with Gasteiger partial charge in [0.15, 0.2) is 0 Å². The SMILES string of the molecule is CCCC(O)(Cc1cccc(F)c1)c1ccccc1. The molecule has 19 heavy (non-hydrogen) atoms. The van der Waals surface area contributed by atoms with Gasteiger partial charge in [0, 0.05) is 6.42 Å². The minimum Gasteiger partial charge on any atom is -0.385 e. The first-order chi connectivity index (χ1) is 9.14. The molecule has 0 aliphatic carbocycles. The summed E-state index contributed by atoms with van der Waals surface area (Å²) < 4.78 is 13.2. The van der Waals surface area contributed by atoms with Crippen LogP contribution in [0.15, 0.2) is 54.6 Å². The van der Waals surface area contributed by atoms with E-state index in [0.717, 1.165) is 17.5 Å². The zero-order valence-electron chi connectivity index (χ0n) is 11.1. The van der Waals surface area contributed by atoms with Gasteiger partial charge >= 0.3 is 0 Å². The fraction of sp³-hybridized carbons (Fsp3) is 0.294. The van der Waals surface area contributed by atoms with E-state index in [1.165, 1.54) is 12.1 Å². The maximum Gasteiger partial charge on any atom is 0.123 e. The van der Waals surface area contributed by atoms with Gasteiger partial charge < -0.3 is 5.11 Å². The number of aliphatic hydroxyl groups is 1. The van der Waals surface area contributed by atoms with E-state index in [0.29, 0.717) is 12.8 Å². The highest BCUT2D eigenvalue weighted by molar-refractivity contribution is 5.27. The molecule has 100 valence electrons. The molecule has 0 saturated heterocycles. The summed E-state index contributed by atoms with van der Waals surface area (Å²) in [5, 5.41) is 10.9. The highest BCUT2D eigenvalue weighted by Gasteiger charge is 2.28. The molecule has 0 saturated carbocycles. The van der Waals surface area contributed by atoms with Crippen molar-refractivity contribution in [2.45, 2.75) is 31.8 Å². The molecule has 0 aliphatic heterocycles. The Balaban J connectivity index is 2.30. The second kappa shape index (κ2) is 5.98. The van der Waals surface area contributed by atoms with E-state index in [1.54, 1.807) is 6.07 Å². The molecule has 2 heteroatoms. The van der Waals surface area contributed by atoms with Crippen LogP contribution in [-0.2, 0) is 12.0 Å². The first-order valence-electron chi connectivity index (χ1n) is 6.66. The zero-order valence-corrected chi connectivity index (χ0v) is 11.1. The van der Waals surface area contributed by atoms with E-state index in [-0.39, 0.29) is 5.82 Å². The van der Waals surface area contributed by atoms with Crippen molar-refractivity contribution in [1.82, 2.24) is 0 Å². The summed E-state index contributed by atoms with van der Waals surface area (Å²) in [6.45, 7) is 2.04. The molecule has 0 fully saturated rings. The van der Waals surface area contributed by atoms with E-state index in [4.69, 9.17) is 0 Å². The van der Waals surface area contributed by atoms with E-state index >= 15 is 0 Å². The van der Waals surface area contributed by atoms with Gasteiger partial charge in [-0.15, -0.1) is 0 Å². The van der Waals surface area contributed by atoms with E-state index < -0.39 is 5.60 Å². The summed E-state index contributed by atoms with van der Waals surface area (Å²) in [6, 6.07) is 16.1. The van der Waals surface area contributed by atoms with Crippen LogP contribution in [0.3, 0.4) is 0 Å². The Morgan fingerprint density at radius 1 is 1.05 bits per heavy atom. The molecule has 1 N–H and O–H groups in total. The quantitative estimate of drug-likeness (QED) is 0.857. The van der Waals surface area contributed by atoms with Gasteiger partial charge in [-0.05, 0) is 29.7 Å². The number of benzene rings is 2. The Morgan fingerprint density at radius 2 is 1.79 bits per heavy atom. The molecule has 0 aliphatic rings. The molecular formula is C17H19FO. The van der Waals surface area contributed by atoms with E-state index in [9.17, 15) is 9.50 Å². The van der Waals surface area contributed by atoms with Gasteiger partial charge in [-0.2, -0.15) is 0 Å². The molecule has 0 radical (unpaired) electrons. The van der Waals surface area contributed by atoms with Crippen molar-refractivity contribution < 1.29 is 9.50 Å². The number of hydrogen-bond donors (Lipinski definition) is 1. The second-order valence-electron chi connectivity index (χ2n) is 4.95. The van der Waals surface area contributed by atoms with Crippen LogP contribution in [0.25, 0.3) is 0 Å². The number of halogens is 1. The van der Waals surface area contributed by atoms with Crippen molar-refractivity contribution in [3.05, 3.63) is 71.5 Å². The molecule has 2 aromatic rings. The number of hydrogen-bond acceptors (Lipinski definition) is 1. The van der Waals surface area contributed by atoms with Crippen molar-refractivity contribution >= 4 is 0 Å². The van der Waals surface area contributed by atoms with Gasteiger partial charge in [-0.1, -0.05) is 55.8 Å². The Kier molecular flexibility index (Phi) is 4.33. The fourth-order valence-corrected chi connectivity index (χ4v) is 2.48. The molecule has 0 bridgehead atoms. The summed E-state index contributed by atoms with van der Waals surface area (Å²) in [7, 11) is 0. The summed E-state index contributed by atoms with van der Waals surface area (Å²) >= 11 is 0. The Hall–Kier alpha value is -1.67. The van der Waals surface area contributed by atoms with Gasteiger partial charge in [0.25, 0.3) is 0 Å². The molecule has 0 amide bonds. The Labute approximate surface area is 113 Å². The maximum atomic E-state index is 13.2. The third kappa shape index (κ3) is 3.42. The van der Waals surface area contributed by atoms with Gasteiger partial charge in [0.05, 0.1) is 5.60 Å². The minimum absolute atomic E-state index is 0.260. The molecule has 2 aromatic carbocycles. The van der Waals surface area contributed by atoms with Crippen LogP contribution in [0.1, 0.15) is 30.9 Å². The van der Waals surface area contributed by atoms with Gasteiger partial charge in [0.1, 0.15) is 5.82 Å². The monoisotopic (exact) mass is 258 g/mol. The van der Waals surface area contributed by atoms with Crippen LogP contribution in [0.5, 0.6) is 0 Å². The molecule has 1 nitrogen and oxygen atoms in total. The van der Waals surface area contributed by atoms with Crippen LogP contribution in [0, 0.1) is 5.82 Å².